The summed E-state index contributed by atoms with van der Waals surface area (Å²) >= 11 is 0. The van der Waals surface area contributed by atoms with Crippen LogP contribution >= 0.6 is 0 Å². The van der Waals surface area contributed by atoms with Crippen molar-refractivity contribution < 1.29 is 14.3 Å². The van der Waals surface area contributed by atoms with Gasteiger partial charge >= 0.3 is 0 Å². The van der Waals surface area contributed by atoms with E-state index >= 15 is 0 Å². The lowest BCUT2D eigenvalue weighted by molar-refractivity contribution is -0.116. The van der Waals surface area contributed by atoms with Crippen LogP contribution in [0.2, 0.25) is 0 Å². The van der Waals surface area contributed by atoms with E-state index in [1.807, 2.05) is 56.3 Å². The third-order valence-electron chi connectivity index (χ3n) is 5.68. The second kappa shape index (κ2) is 10.5. The molecule has 0 saturated carbocycles. The van der Waals surface area contributed by atoms with Crippen LogP contribution in [0, 0.1) is 19.8 Å². The van der Waals surface area contributed by atoms with Crippen molar-refractivity contribution in [1.29, 1.82) is 0 Å². The molecule has 0 spiro atoms. The standard InChI is InChI=1S/C26H33N3O3/c1-17(2)13-25(30)28-22-8-6-7-20(14-22)16-27-26(31)21-9-10-24-23(15-21)18(3)19(4)29(24)11-12-32-5/h6-10,14-15,17H,11-13,16H2,1-5H3,(H,27,31)(H,28,30). The molecule has 2 amide bonds. The van der Waals surface area contributed by atoms with Crippen LogP contribution in [0.1, 0.15) is 47.4 Å². The van der Waals surface area contributed by atoms with E-state index in [4.69, 9.17) is 4.74 Å². The molecule has 0 aliphatic rings. The molecule has 0 aliphatic heterocycles. The largest absolute Gasteiger partial charge is 0.383 e. The number of nitrogens with one attached hydrogen (secondary N) is 2. The molecule has 2 N–H and O–H groups in total. The highest BCUT2D eigenvalue weighted by Crippen LogP contribution is 2.26. The van der Waals surface area contributed by atoms with Gasteiger partial charge in [-0.1, -0.05) is 26.0 Å². The average molecular weight is 436 g/mol. The predicted octanol–water partition coefficient (Wildman–Crippen LogP) is 4.82. The number of rotatable bonds is 9. The Bertz CT molecular complexity index is 1110. The van der Waals surface area contributed by atoms with Crippen LogP contribution in [-0.4, -0.2) is 30.1 Å². The molecule has 6 nitrogen and oxygen atoms in total. The van der Waals surface area contributed by atoms with E-state index in [2.05, 4.69) is 29.0 Å². The fourth-order valence-electron chi connectivity index (χ4n) is 3.89. The molecule has 1 heterocycles. The molecule has 32 heavy (non-hydrogen) atoms. The van der Waals surface area contributed by atoms with Crippen molar-refractivity contribution >= 4 is 28.4 Å². The number of methoxy groups -OCH3 is 1. The normalized spacial score (nSPS) is 11.2. The Morgan fingerprint density at radius 2 is 1.88 bits per heavy atom. The molecule has 2 aromatic carbocycles. The molecule has 0 unspecified atom stereocenters. The van der Waals surface area contributed by atoms with Crippen LogP contribution in [0.3, 0.4) is 0 Å². The maximum Gasteiger partial charge on any atom is 0.251 e. The molecule has 0 bridgehead atoms. The van der Waals surface area contributed by atoms with Crippen LogP contribution in [0.4, 0.5) is 5.69 Å². The lowest BCUT2D eigenvalue weighted by Crippen LogP contribution is -2.23. The zero-order valence-corrected chi connectivity index (χ0v) is 19.6. The number of carbonyl (C=O) groups excluding carboxylic acids is 2. The minimum Gasteiger partial charge on any atom is -0.383 e. The van der Waals surface area contributed by atoms with Gasteiger partial charge in [0.05, 0.1) is 6.61 Å². The zero-order valence-electron chi connectivity index (χ0n) is 19.6. The first kappa shape index (κ1) is 23.5. The maximum absolute atomic E-state index is 12.8. The second-order valence-electron chi connectivity index (χ2n) is 8.62. The number of hydrogen-bond acceptors (Lipinski definition) is 3. The number of hydrogen-bond donors (Lipinski definition) is 2. The van der Waals surface area contributed by atoms with Gasteiger partial charge in [0.15, 0.2) is 0 Å². The van der Waals surface area contributed by atoms with E-state index in [0.29, 0.717) is 31.1 Å². The molecule has 170 valence electrons. The molecular formula is C26H33N3O3. The van der Waals surface area contributed by atoms with Gasteiger partial charge in [-0.05, 0) is 61.2 Å². The number of benzene rings is 2. The van der Waals surface area contributed by atoms with Gasteiger partial charge in [0.1, 0.15) is 0 Å². The monoisotopic (exact) mass is 435 g/mol. The molecule has 3 rings (SSSR count). The Morgan fingerprint density at radius 1 is 1.09 bits per heavy atom. The molecule has 1 aromatic heterocycles. The fraction of sp³-hybridized carbons (Fsp3) is 0.385. The van der Waals surface area contributed by atoms with Crippen molar-refractivity contribution in [3.63, 3.8) is 0 Å². The highest BCUT2D eigenvalue weighted by Gasteiger charge is 2.14. The Morgan fingerprint density at radius 3 is 2.59 bits per heavy atom. The van der Waals surface area contributed by atoms with Gasteiger partial charge in [-0.25, -0.2) is 0 Å². The summed E-state index contributed by atoms with van der Waals surface area (Å²) in [7, 11) is 1.70. The van der Waals surface area contributed by atoms with E-state index in [9.17, 15) is 9.59 Å². The van der Waals surface area contributed by atoms with Crippen LogP contribution in [0.25, 0.3) is 10.9 Å². The average Bonchev–Trinajstić information content (AvgIpc) is 2.99. The molecule has 0 radical (unpaired) electrons. The van der Waals surface area contributed by atoms with E-state index < -0.39 is 0 Å². The summed E-state index contributed by atoms with van der Waals surface area (Å²) in [6.45, 7) is 10.0. The summed E-state index contributed by atoms with van der Waals surface area (Å²) in [6, 6.07) is 13.4. The highest BCUT2D eigenvalue weighted by molar-refractivity contribution is 5.99. The molecule has 0 atom stereocenters. The number of amides is 2. The summed E-state index contributed by atoms with van der Waals surface area (Å²) in [4.78, 5) is 24.8. The Kier molecular flexibility index (Phi) is 7.70. The van der Waals surface area contributed by atoms with Gasteiger partial charge in [-0.15, -0.1) is 0 Å². The zero-order chi connectivity index (χ0) is 23.3. The van der Waals surface area contributed by atoms with Crippen LogP contribution in [-0.2, 0) is 22.6 Å². The van der Waals surface area contributed by atoms with Crippen molar-refractivity contribution in [1.82, 2.24) is 9.88 Å². The molecule has 0 saturated heterocycles. The van der Waals surface area contributed by atoms with Crippen LogP contribution < -0.4 is 10.6 Å². The number of carbonyl (C=O) groups is 2. The molecule has 0 aliphatic carbocycles. The quantitative estimate of drug-likeness (QED) is 0.506. The summed E-state index contributed by atoms with van der Waals surface area (Å²) in [5, 5.41) is 6.99. The van der Waals surface area contributed by atoms with Gasteiger partial charge in [0.2, 0.25) is 5.91 Å². The van der Waals surface area contributed by atoms with E-state index in [1.165, 1.54) is 11.3 Å². The van der Waals surface area contributed by atoms with Gasteiger partial charge in [0.25, 0.3) is 5.91 Å². The number of aryl methyl sites for hydroxylation is 1. The van der Waals surface area contributed by atoms with Crippen LogP contribution in [0.15, 0.2) is 42.5 Å². The molecule has 3 aromatic rings. The lowest BCUT2D eigenvalue weighted by atomic mass is 10.1. The van der Waals surface area contributed by atoms with Crippen molar-refractivity contribution in [2.75, 3.05) is 19.0 Å². The molecule has 0 fully saturated rings. The third-order valence-corrected chi connectivity index (χ3v) is 5.68. The molecule has 6 heteroatoms. The van der Waals surface area contributed by atoms with Crippen LogP contribution in [0.5, 0.6) is 0 Å². The number of fused-ring (bicyclic) bond motifs is 1. The first-order valence-corrected chi connectivity index (χ1v) is 11.1. The smallest absolute Gasteiger partial charge is 0.251 e. The number of nitrogens with zero attached hydrogens (tertiary/aromatic N) is 1. The number of ether oxygens (including phenoxy) is 1. The topological polar surface area (TPSA) is 72.4 Å². The van der Waals surface area contributed by atoms with Crippen molar-refractivity contribution in [3.8, 4) is 0 Å². The Hall–Kier alpha value is -3.12. The Labute approximate surface area is 190 Å². The second-order valence-corrected chi connectivity index (χ2v) is 8.62. The van der Waals surface area contributed by atoms with Crippen molar-refractivity contribution in [2.24, 2.45) is 5.92 Å². The number of anilines is 1. The summed E-state index contributed by atoms with van der Waals surface area (Å²) in [5.41, 5.74) is 5.78. The van der Waals surface area contributed by atoms with E-state index in [1.54, 1.807) is 7.11 Å². The van der Waals surface area contributed by atoms with Gasteiger partial charge in [-0.2, -0.15) is 0 Å². The maximum atomic E-state index is 12.8. The first-order chi connectivity index (χ1) is 15.3. The van der Waals surface area contributed by atoms with E-state index in [0.717, 1.165) is 28.7 Å². The predicted molar refractivity (Wildman–Crippen MR) is 129 cm³/mol. The minimum atomic E-state index is -0.122. The highest BCUT2D eigenvalue weighted by atomic mass is 16.5. The first-order valence-electron chi connectivity index (χ1n) is 11.1. The van der Waals surface area contributed by atoms with Gasteiger partial charge in [0, 0.05) is 54.5 Å². The summed E-state index contributed by atoms with van der Waals surface area (Å²) < 4.78 is 7.46. The Balaban J connectivity index is 1.69. The van der Waals surface area contributed by atoms with E-state index in [-0.39, 0.29) is 11.8 Å². The third kappa shape index (κ3) is 5.56. The molecular weight excluding hydrogens is 402 g/mol. The fourth-order valence-corrected chi connectivity index (χ4v) is 3.89. The minimum absolute atomic E-state index is 0.00223. The van der Waals surface area contributed by atoms with Crippen molar-refractivity contribution in [2.45, 2.75) is 47.2 Å². The number of aromatic nitrogens is 1. The SMILES string of the molecule is COCCn1c(C)c(C)c2cc(C(=O)NCc3cccc(NC(=O)CC(C)C)c3)ccc21. The van der Waals surface area contributed by atoms with Crippen molar-refractivity contribution in [3.05, 3.63) is 64.8 Å². The summed E-state index contributed by atoms with van der Waals surface area (Å²) in [6.07, 6.45) is 0.482. The summed E-state index contributed by atoms with van der Waals surface area (Å²) in [5.74, 6) is 0.180. The van der Waals surface area contributed by atoms with Gasteiger partial charge < -0.3 is 19.9 Å². The van der Waals surface area contributed by atoms with Gasteiger partial charge in [-0.3, -0.25) is 9.59 Å². The lowest BCUT2D eigenvalue weighted by Gasteiger charge is -2.10.